The molecule has 2 aliphatic heterocycles. The van der Waals surface area contributed by atoms with E-state index in [1.165, 1.54) is 12.8 Å². The van der Waals surface area contributed by atoms with Crippen LogP contribution >= 0.6 is 0 Å². The molecule has 52 heavy (non-hydrogen) atoms. The molecule has 0 bridgehead atoms. The van der Waals surface area contributed by atoms with Gasteiger partial charge in [-0.15, -0.1) is 5.54 Å². The highest BCUT2D eigenvalue weighted by Crippen LogP contribution is 2.68. The van der Waals surface area contributed by atoms with Crippen molar-refractivity contribution < 1.29 is 19.8 Å². The van der Waals surface area contributed by atoms with Crippen LogP contribution in [0.15, 0.2) is 36.5 Å². The van der Waals surface area contributed by atoms with Gasteiger partial charge in [-0.25, -0.2) is 0 Å². The van der Waals surface area contributed by atoms with E-state index >= 15 is 0 Å². The molecule has 0 radical (unpaired) electrons. The second-order valence-corrected chi connectivity index (χ2v) is 23.8. The second-order valence-electron chi connectivity index (χ2n) is 19.0. The van der Waals surface area contributed by atoms with Crippen LogP contribution in [-0.2, 0) is 4.79 Å². The van der Waals surface area contributed by atoms with E-state index in [9.17, 15) is 19.8 Å². The van der Waals surface area contributed by atoms with E-state index in [0.717, 1.165) is 68.8 Å². The van der Waals surface area contributed by atoms with Crippen LogP contribution in [0, 0.1) is 46.0 Å². The largest absolute Gasteiger partial charge is 0.391 e. The van der Waals surface area contributed by atoms with Crippen LogP contribution < -0.4 is 0 Å². The maximum absolute atomic E-state index is 14.0. The third kappa shape index (κ3) is 6.04. The van der Waals surface area contributed by atoms with E-state index < -0.39 is 19.7 Å². The number of rotatable bonds is 3. The van der Waals surface area contributed by atoms with Gasteiger partial charge < -0.3 is 20.0 Å². The van der Waals surface area contributed by atoms with Gasteiger partial charge in [-0.05, 0) is 105 Å². The molecular weight excluding hydrogens is 665 g/mol. The van der Waals surface area contributed by atoms with Crippen LogP contribution in [0.1, 0.15) is 88.5 Å². The first-order valence-corrected chi connectivity index (χ1v) is 23.8. The van der Waals surface area contributed by atoms with Gasteiger partial charge in [0.15, 0.2) is 0 Å². The summed E-state index contributed by atoms with van der Waals surface area (Å²) in [6.07, 6.45) is 11.2. The molecule has 6 aliphatic rings. The van der Waals surface area contributed by atoms with Gasteiger partial charge in [0.05, 0.1) is 6.10 Å². The summed E-state index contributed by atoms with van der Waals surface area (Å²) >= 11 is 0. The number of amides is 2. The summed E-state index contributed by atoms with van der Waals surface area (Å²) in [4.78, 5) is 38.3. The van der Waals surface area contributed by atoms with E-state index in [4.69, 9.17) is 0 Å². The van der Waals surface area contributed by atoms with Crippen LogP contribution in [0.4, 0.5) is 0 Å². The van der Waals surface area contributed by atoms with Gasteiger partial charge in [0.25, 0.3) is 5.91 Å². The van der Waals surface area contributed by atoms with E-state index in [0.29, 0.717) is 55.4 Å². The number of nitrogens with zero attached hydrogens (tertiary/aromatic N) is 4. The fourth-order valence-electron chi connectivity index (χ4n) is 12.3. The van der Waals surface area contributed by atoms with Crippen molar-refractivity contribution in [2.24, 2.45) is 34.5 Å². The molecule has 8 nitrogen and oxygen atoms in total. The molecular formula is C43H60N4O4Si. The SMILES string of the molecule is C[C@]12CC(N3CCN(C(=O)[C@@H]4CCCN4C(=O)c4cc5ccccc5cn4)CC3)C(O)CC1CC[C@@H]1[C@@H]2CC[C@@]2(C)[C@H]1CC[C@]2(O)C#C[Si](C)(C)C. The topological polar surface area (TPSA) is 97.2 Å². The lowest BCUT2D eigenvalue weighted by Gasteiger charge is -2.63. The number of hydrogen-bond donors (Lipinski definition) is 2. The summed E-state index contributed by atoms with van der Waals surface area (Å²) in [5.74, 6) is 5.62. The average Bonchev–Trinajstić information content (AvgIpc) is 3.72. The second kappa shape index (κ2) is 13.2. The van der Waals surface area contributed by atoms with E-state index in [1.807, 2.05) is 35.2 Å². The number of aliphatic hydroxyl groups excluding tert-OH is 1. The molecule has 9 heteroatoms. The molecule has 0 spiro atoms. The number of piperazine rings is 1. The summed E-state index contributed by atoms with van der Waals surface area (Å²) in [6.45, 7) is 15.0. The first-order valence-electron chi connectivity index (χ1n) is 20.3. The van der Waals surface area contributed by atoms with Gasteiger partial charge in [-0.2, -0.15) is 0 Å². The highest BCUT2D eigenvalue weighted by molar-refractivity contribution is 6.83. The Bertz CT molecular complexity index is 1780. The number of benzene rings is 1. The average molecular weight is 725 g/mol. The minimum absolute atomic E-state index is 0.0499. The van der Waals surface area contributed by atoms with Gasteiger partial charge in [0.1, 0.15) is 25.4 Å². The quantitative estimate of drug-likeness (QED) is 0.299. The Hall–Kier alpha value is -2.77. The molecule has 4 saturated carbocycles. The first-order chi connectivity index (χ1) is 24.7. The highest BCUT2D eigenvalue weighted by Gasteiger charge is 2.65. The van der Waals surface area contributed by atoms with Crippen molar-refractivity contribution in [2.75, 3.05) is 32.7 Å². The van der Waals surface area contributed by atoms with Crippen LogP contribution in [0.5, 0.6) is 0 Å². The fraction of sp³-hybridized carbons (Fsp3) is 0.698. The summed E-state index contributed by atoms with van der Waals surface area (Å²) < 4.78 is 0. The number of aliphatic hydroxyl groups is 2. The van der Waals surface area contributed by atoms with Crippen molar-refractivity contribution in [3.8, 4) is 11.5 Å². The van der Waals surface area contributed by atoms with Crippen LogP contribution in [-0.4, -0.2) is 106 Å². The van der Waals surface area contributed by atoms with Crippen molar-refractivity contribution in [1.82, 2.24) is 19.7 Å². The molecule has 2 amide bonds. The molecule has 1 aromatic heterocycles. The summed E-state index contributed by atoms with van der Waals surface area (Å²) in [5.41, 5.74) is 3.07. The molecule has 6 fully saturated rings. The minimum Gasteiger partial charge on any atom is -0.391 e. The highest BCUT2D eigenvalue weighted by atomic mass is 28.3. The van der Waals surface area contributed by atoms with Crippen LogP contribution in [0.2, 0.25) is 19.6 Å². The lowest BCUT2D eigenvalue weighted by Crippen LogP contribution is -2.63. The number of fused-ring (bicyclic) bond motifs is 6. The van der Waals surface area contributed by atoms with Crippen molar-refractivity contribution in [3.05, 3.63) is 42.2 Å². The van der Waals surface area contributed by atoms with Gasteiger partial charge >= 0.3 is 0 Å². The molecule has 1 aromatic carbocycles. The standard InChI is InChI=1S/C43H60N4O4Si/c1-41-27-37(38(48)26-31(41)12-13-32-33(41)14-16-42(2)34(32)15-17-43(42,51)18-24-52(3,4)5)45-20-22-46(23-21-45)40(50)36-11-8-19-47(36)39(49)35-25-29-9-6-7-10-30(29)28-44-35/h6-7,9-10,25,28,31-34,36-38,48,51H,8,11-17,19-23,26-27H2,1-5H3/t31?,32-,33+,34+,36+,37?,38?,41+,42+,43+/m1/s1. The summed E-state index contributed by atoms with van der Waals surface area (Å²) in [5, 5.41) is 25.7. The minimum atomic E-state index is -1.60. The number of carbonyl (C=O) groups is 2. The van der Waals surface area contributed by atoms with Gasteiger partial charge in [0, 0.05) is 55.8 Å². The fourth-order valence-corrected chi connectivity index (χ4v) is 12.8. The Morgan fingerprint density at radius 2 is 1.65 bits per heavy atom. The zero-order valence-corrected chi connectivity index (χ0v) is 33.1. The number of likely N-dealkylation sites (tertiary alicyclic amines) is 1. The Labute approximate surface area is 311 Å². The Morgan fingerprint density at radius 3 is 2.40 bits per heavy atom. The van der Waals surface area contributed by atoms with E-state index in [-0.39, 0.29) is 34.8 Å². The van der Waals surface area contributed by atoms with Gasteiger partial charge in [-0.3, -0.25) is 19.5 Å². The van der Waals surface area contributed by atoms with E-state index in [1.54, 1.807) is 11.1 Å². The number of aromatic nitrogens is 1. The monoisotopic (exact) mass is 724 g/mol. The Kier molecular flexibility index (Phi) is 9.20. The predicted octanol–water partition coefficient (Wildman–Crippen LogP) is 5.98. The van der Waals surface area contributed by atoms with Crippen molar-refractivity contribution in [3.63, 3.8) is 0 Å². The lowest BCUT2D eigenvalue weighted by molar-refractivity contribution is -0.163. The number of hydrogen-bond acceptors (Lipinski definition) is 6. The van der Waals surface area contributed by atoms with Crippen LogP contribution in [0.25, 0.3) is 10.8 Å². The molecule has 4 aliphatic carbocycles. The van der Waals surface area contributed by atoms with Gasteiger partial charge in [-0.1, -0.05) is 63.7 Å². The van der Waals surface area contributed by atoms with Crippen molar-refractivity contribution in [2.45, 2.75) is 121 Å². The van der Waals surface area contributed by atoms with Crippen molar-refractivity contribution in [1.29, 1.82) is 0 Å². The molecule has 10 atom stereocenters. The summed E-state index contributed by atoms with van der Waals surface area (Å²) in [6, 6.07) is 9.39. The Balaban J connectivity index is 0.923. The molecule has 3 heterocycles. The molecule has 2 N–H and O–H groups in total. The zero-order chi connectivity index (χ0) is 36.6. The lowest BCUT2D eigenvalue weighted by atomic mass is 9.44. The predicted molar refractivity (Wildman–Crippen MR) is 207 cm³/mol. The third-order valence-electron chi connectivity index (χ3n) is 15.2. The van der Waals surface area contributed by atoms with Crippen LogP contribution in [0.3, 0.4) is 0 Å². The zero-order valence-electron chi connectivity index (χ0n) is 32.1. The third-order valence-corrected chi connectivity index (χ3v) is 16.1. The molecule has 3 unspecified atom stereocenters. The maximum Gasteiger partial charge on any atom is 0.273 e. The molecule has 2 saturated heterocycles. The van der Waals surface area contributed by atoms with E-state index in [2.05, 4.69) is 54.8 Å². The molecule has 2 aromatic rings. The Morgan fingerprint density at radius 1 is 0.923 bits per heavy atom. The summed E-state index contributed by atoms with van der Waals surface area (Å²) in [7, 11) is -1.60. The number of carbonyl (C=O) groups excluding carboxylic acids is 2. The number of pyridine rings is 1. The maximum atomic E-state index is 14.0. The molecule has 280 valence electrons. The smallest absolute Gasteiger partial charge is 0.273 e. The normalized spacial score (nSPS) is 39.3. The van der Waals surface area contributed by atoms with Gasteiger partial charge in [0.2, 0.25) is 5.91 Å². The first kappa shape index (κ1) is 36.2. The molecule has 8 rings (SSSR count). The van der Waals surface area contributed by atoms with Crippen molar-refractivity contribution >= 4 is 30.7 Å².